The number of nitrogens with zero attached hydrogens (tertiary/aromatic N) is 2. The Morgan fingerprint density at radius 3 is 2.86 bits per heavy atom. The Bertz CT molecular complexity index is 954. The molecule has 2 amide bonds. The first-order valence-corrected chi connectivity index (χ1v) is 9.63. The lowest BCUT2D eigenvalue weighted by atomic mass is 9.86. The fourth-order valence-electron chi connectivity index (χ4n) is 3.05. The van der Waals surface area contributed by atoms with E-state index in [2.05, 4.69) is 15.0 Å². The summed E-state index contributed by atoms with van der Waals surface area (Å²) < 4.78 is 10.6. The Morgan fingerprint density at radius 2 is 2.14 bits per heavy atom. The minimum absolute atomic E-state index is 0.0342. The topological polar surface area (TPSA) is 97.3 Å². The number of nitrogens with one attached hydrogen (secondary N) is 1. The standard InChI is InChI=1S/C19H21N3O5S/c1-4-27-18(25)20-17-21-19(2,10-15(23)22(17)11-16(24)26-3)13-5-6-14-12(9-13)7-8-28-14/h5-9H,4,10-11H2,1-3H3,(H,20,21,25)/t19-/m0/s1. The Hall–Kier alpha value is -2.94. The van der Waals surface area contributed by atoms with Crippen LogP contribution in [0.2, 0.25) is 0 Å². The van der Waals surface area contributed by atoms with E-state index in [0.717, 1.165) is 20.5 Å². The maximum atomic E-state index is 12.8. The molecule has 9 heteroatoms. The second-order valence-corrected chi connectivity index (χ2v) is 7.45. The van der Waals surface area contributed by atoms with Crippen LogP contribution in [-0.4, -0.2) is 49.1 Å². The summed E-state index contributed by atoms with van der Waals surface area (Å²) in [6, 6.07) is 7.95. The Morgan fingerprint density at radius 1 is 1.36 bits per heavy atom. The molecule has 1 aromatic heterocycles. The van der Waals surface area contributed by atoms with E-state index in [1.54, 1.807) is 18.3 Å². The van der Waals surface area contributed by atoms with Gasteiger partial charge in [-0.05, 0) is 48.4 Å². The van der Waals surface area contributed by atoms with Crippen LogP contribution < -0.4 is 5.32 Å². The van der Waals surface area contributed by atoms with Crippen molar-refractivity contribution in [3.63, 3.8) is 0 Å². The quantitative estimate of drug-likeness (QED) is 0.788. The van der Waals surface area contributed by atoms with Crippen LogP contribution in [-0.2, 0) is 24.6 Å². The van der Waals surface area contributed by atoms with Gasteiger partial charge in [-0.3, -0.25) is 14.5 Å². The van der Waals surface area contributed by atoms with Gasteiger partial charge in [0.25, 0.3) is 0 Å². The highest BCUT2D eigenvalue weighted by Crippen LogP contribution is 2.32. The molecule has 2 aromatic rings. The third-order valence-electron chi connectivity index (χ3n) is 4.52. The SMILES string of the molecule is CCOC(=O)/N=C1/N[C@](C)(c2ccc3sccc3c2)CC(=O)N1CC(=O)OC. The van der Waals surface area contributed by atoms with E-state index in [1.165, 1.54) is 7.11 Å². The van der Waals surface area contributed by atoms with Crippen LogP contribution in [0.25, 0.3) is 10.1 Å². The zero-order valence-corrected chi connectivity index (χ0v) is 16.7. The molecule has 1 N–H and O–H groups in total. The van der Waals surface area contributed by atoms with Crippen LogP contribution in [0.15, 0.2) is 34.6 Å². The summed E-state index contributed by atoms with van der Waals surface area (Å²) in [5.41, 5.74) is 0.0755. The van der Waals surface area contributed by atoms with Gasteiger partial charge in [0.05, 0.1) is 25.7 Å². The number of aliphatic imine (C=N–C) groups is 1. The van der Waals surface area contributed by atoms with Crippen molar-refractivity contribution in [2.75, 3.05) is 20.3 Å². The first-order valence-electron chi connectivity index (χ1n) is 8.75. The zero-order chi connectivity index (χ0) is 20.3. The number of rotatable bonds is 4. The third kappa shape index (κ3) is 3.99. The number of fused-ring (bicyclic) bond motifs is 1. The maximum Gasteiger partial charge on any atom is 0.436 e. The van der Waals surface area contributed by atoms with Gasteiger partial charge in [-0.2, -0.15) is 0 Å². The normalized spacial score (nSPS) is 20.9. The van der Waals surface area contributed by atoms with Crippen LogP contribution in [0.1, 0.15) is 25.8 Å². The van der Waals surface area contributed by atoms with Crippen molar-refractivity contribution in [3.05, 3.63) is 35.2 Å². The van der Waals surface area contributed by atoms with Crippen LogP contribution in [0, 0.1) is 0 Å². The summed E-state index contributed by atoms with van der Waals surface area (Å²) in [7, 11) is 1.23. The molecule has 1 fully saturated rings. The van der Waals surface area contributed by atoms with Crippen LogP contribution in [0.5, 0.6) is 0 Å². The predicted octanol–water partition coefficient (Wildman–Crippen LogP) is 2.62. The second kappa shape index (κ2) is 7.97. The van der Waals surface area contributed by atoms with Crippen molar-refractivity contribution in [2.45, 2.75) is 25.8 Å². The molecule has 0 spiro atoms. The molecule has 28 heavy (non-hydrogen) atoms. The van der Waals surface area contributed by atoms with E-state index in [0.29, 0.717) is 0 Å². The van der Waals surface area contributed by atoms with Gasteiger partial charge in [0.1, 0.15) is 6.54 Å². The van der Waals surface area contributed by atoms with Crippen molar-refractivity contribution in [1.82, 2.24) is 10.2 Å². The summed E-state index contributed by atoms with van der Waals surface area (Å²) in [5.74, 6) is -0.997. The van der Waals surface area contributed by atoms with Crippen molar-refractivity contribution < 1.29 is 23.9 Å². The number of ether oxygens (including phenoxy) is 2. The fraction of sp³-hybridized carbons (Fsp3) is 0.368. The van der Waals surface area contributed by atoms with E-state index >= 15 is 0 Å². The van der Waals surface area contributed by atoms with Gasteiger partial charge in [-0.1, -0.05) is 6.07 Å². The number of benzene rings is 1. The van der Waals surface area contributed by atoms with Crippen molar-refractivity contribution in [2.24, 2.45) is 4.99 Å². The van der Waals surface area contributed by atoms with Crippen LogP contribution in [0.3, 0.4) is 0 Å². The van der Waals surface area contributed by atoms with Gasteiger partial charge in [-0.25, -0.2) is 4.79 Å². The van der Waals surface area contributed by atoms with E-state index < -0.39 is 17.6 Å². The molecule has 8 nitrogen and oxygen atoms in total. The number of hydrogen-bond donors (Lipinski definition) is 1. The molecule has 3 rings (SSSR count). The molecule has 1 aromatic carbocycles. The number of carbonyl (C=O) groups is 3. The number of amides is 2. The summed E-state index contributed by atoms with van der Waals surface area (Å²) in [5, 5.41) is 6.22. The van der Waals surface area contributed by atoms with Crippen LogP contribution in [0.4, 0.5) is 4.79 Å². The van der Waals surface area contributed by atoms with Crippen molar-refractivity contribution in [3.8, 4) is 0 Å². The minimum Gasteiger partial charge on any atom is -0.468 e. The molecule has 2 heterocycles. The van der Waals surface area contributed by atoms with Gasteiger partial charge >= 0.3 is 12.1 Å². The fourth-order valence-corrected chi connectivity index (χ4v) is 3.82. The first-order chi connectivity index (χ1) is 13.4. The number of thiophene rings is 1. The van der Waals surface area contributed by atoms with Gasteiger partial charge < -0.3 is 14.8 Å². The number of hydrogen-bond acceptors (Lipinski definition) is 6. The van der Waals surface area contributed by atoms with Gasteiger partial charge in [0.2, 0.25) is 11.9 Å². The zero-order valence-electron chi connectivity index (χ0n) is 15.9. The summed E-state index contributed by atoms with van der Waals surface area (Å²) in [6.07, 6.45) is -0.758. The van der Waals surface area contributed by atoms with Crippen molar-refractivity contribution >= 4 is 45.4 Å². The molecule has 1 aliphatic rings. The van der Waals surface area contributed by atoms with E-state index in [4.69, 9.17) is 4.74 Å². The lowest BCUT2D eigenvalue weighted by Crippen LogP contribution is -2.61. The van der Waals surface area contributed by atoms with Gasteiger partial charge in [0, 0.05) is 4.70 Å². The highest BCUT2D eigenvalue weighted by Gasteiger charge is 2.41. The molecular weight excluding hydrogens is 382 g/mol. The summed E-state index contributed by atoms with van der Waals surface area (Å²) >= 11 is 1.63. The maximum absolute atomic E-state index is 12.8. The molecular formula is C19H21N3O5S. The van der Waals surface area contributed by atoms with E-state index in [-0.39, 0.29) is 31.4 Å². The predicted molar refractivity (Wildman–Crippen MR) is 105 cm³/mol. The molecule has 0 aliphatic carbocycles. The lowest BCUT2D eigenvalue weighted by molar-refractivity contribution is -0.145. The monoisotopic (exact) mass is 403 g/mol. The molecule has 148 valence electrons. The number of esters is 1. The van der Waals surface area contributed by atoms with Crippen molar-refractivity contribution in [1.29, 1.82) is 0 Å². The van der Waals surface area contributed by atoms with Gasteiger partial charge in [0.15, 0.2) is 0 Å². The molecule has 0 saturated carbocycles. The molecule has 1 saturated heterocycles. The largest absolute Gasteiger partial charge is 0.468 e. The highest BCUT2D eigenvalue weighted by atomic mass is 32.1. The third-order valence-corrected chi connectivity index (χ3v) is 5.42. The molecule has 0 unspecified atom stereocenters. The van der Waals surface area contributed by atoms with E-state index in [1.807, 2.05) is 36.6 Å². The minimum atomic E-state index is -0.842. The Labute approximate surface area is 166 Å². The summed E-state index contributed by atoms with van der Waals surface area (Å²) in [6.45, 7) is 3.31. The molecule has 1 aliphatic heterocycles. The average molecular weight is 403 g/mol. The number of carbonyl (C=O) groups excluding carboxylic acids is 3. The Balaban J connectivity index is 1.97. The summed E-state index contributed by atoms with van der Waals surface area (Å²) in [4.78, 5) is 41.4. The number of methoxy groups -OCH3 is 1. The first kappa shape index (κ1) is 19.8. The van der Waals surface area contributed by atoms with Crippen LogP contribution >= 0.6 is 11.3 Å². The Kier molecular flexibility index (Phi) is 5.64. The molecule has 0 radical (unpaired) electrons. The lowest BCUT2D eigenvalue weighted by Gasteiger charge is -2.41. The smallest absolute Gasteiger partial charge is 0.436 e. The van der Waals surface area contributed by atoms with Gasteiger partial charge in [-0.15, -0.1) is 16.3 Å². The molecule has 1 atom stereocenters. The van der Waals surface area contributed by atoms with E-state index in [9.17, 15) is 14.4 Å². The molecule has 0 bridgehead atoms. The average Bonchev–Trinajstić information content (AvgIpc) is 3.12. The second-order valence-electron chi connectivity index (χ2n) is 6.50. The number of guanidine groups is 1. The highest BCUT2D eigenvalue weighted by molar-refractivity contribution is 7.17.